The number of amides is 4. The van der Waals surface area contributed by atoms with Crippen LogP contribution < -0.4 is 10.6 Å². The maximum atomic E-state index is 13.2. The van der Waals surface area contributed by atoms with Gasteiger partial charge in [-0.25, -0.2) is 24.0 Å². The van der Waals surface area contributed by atoms with Gasteiger partial charge in [-0.1, -0.05) is 0 Å². The molecular formula is C25H42N4O9. The first-order valence-corrected chi connectivity index (χ1v) is 12.7. The van der Waals surface area contributed by atoms with Gasteiger partial charge in [0.1, 0.15) is 22.3 Å². The highest BCUT2D eigenvalue weighted by Crippen LogP contribution is 2.28. The lowest BCUT2D eigenvalue weighted by atomic mass is 9.86. The van der Waals surface area contributed by atoms with E-state index in [0.717, 1.165) is 0 Å². The van der Waals surface area contributed by atoms with Crippen LogP contribution in [0, 0.1) is 0 Å². The number of urea groups is 1. The Morgan fingerprint density at radius 2 is 0.895 bits per heavy atom. The van der Waals surface area contributed by atoms with Crippen molar-refractivity contribution in [1.29, 1.82) is 0 Å². The van der Waals surface area contributed by atoms with Crippen LogP contribution in [0.3, 0.4) is 0 Å². The summed E-state index contributed by atoms with van der Waals surface area (Å²) in [4.78, 5) is 66.6. The predicted octanol–water partition coefficient (Wildman–Crippen LogP) is 2.17. The molecular weight excluding hydrogens is 500 g/mol. The number of likely N-dealkylation sites (tertiary alicyclic amines) is 2. The molecule has 0 aromatic rings. The molecule has 2 rings (SSSR count). The molecule has 2 aliphatic heterocycles. The van der Waals surface area contributed by atoms with Crippen molar-refractivity contribution in [1.82, 2.24) is 20.4 Å². The summed E-state index contributed by atoms with van der Waals surface area (Å²) < 4.78 is 20.7. The standard InChI is InChI=1S/C25H42N4O9/c1-22(2,3)37-20(33)28-13-9-24(10-14-28,17(30)35-7)26-19(32)27-25(18(31)36-8)11-15-29(16-12-25)21(34)38-23(4,5)6/h9-16H2,1-8H3,(H2,26,27,32). The molecule has 216 valence electrons. The number of esters is 2. The fourth-order valence-electron chi connectivity index (χ4n) is 4.41. The highest BCUT2D eigenvalue weighted by molar-refractivity contribution is 5.91. The van der Waals surface area contributed by atoms with Crippen LogP contribution in [0.4, 0.5) is 14.4 Å². The molecule has 13 nitrogen and oxygen atoms in total. The number of piperidine rings is 2. The van der Waals surface area contributed by atoms with Gasteiger partial charge in [0, 0.05) is 26.2 Å². The van der Waals surface area contributed by atoms with E-state index in [9.17, 15) is 24.0 Å². The molecule has 0 saturated carbocycles. The number of methoxy groups -OCH3 is 2. The maximum Gasteiger partial charge on any atom is 0.410 e. The van der Waals surface area contributed by atoms with Gasteiger partial charge in [0.2, 0.25) is 0 Å². The topological polar surface area (TPSA) is 153 Å². The monoisotopic (exact) mass is 542 g/mol. The predicted molar refractivity (Wildman–Crippen MR) is 135 cm³/mol. The van der Waals surface area contributed by atoms with E-state index < -0.39 is 52.4 Å². The lowest BCUT2D eigenvalue weighted by Crippen LogP contribution is -2.67. The van der Waals surface area contributed by atoms with Gasteiger partial charge >= 0.3 is 30.2 Å². The first-order valence-electron chi connectivity index (χ1n) is 12.7. The summed E-state index contributed by atoms with van der Waals surface area (Å²) in [6, 6.07) is -0.766. The molecule has 2 saturated heterocycles. The number of nitrogens with one attached hydrogen (secondary N) is 2. The summed E-state index contributed by atoms with van der Waals surface area (Å²) in [5, 5.41) is 5.38. The fourth-order valence-corrected chi connectivity index (χ4v) is 4.41. The number of hydrogen-bond acceptors (Lipinski definition) is 9. The third kappa shape index (κ3) is 7.87. The van der Waals surface area contributed by atoms with Crippen molar-refractivity contribution in [2.45, 2.75) is 89.5 Å². The molecule has 0 radical (unpaired) electrons. The highest BCUT2D eigenvalue weighted by Gasteiger charge is 2.49. The third-order valence-corrected chi connectivity index (χ3v) is 6.40. The van der Waals surface area contributed by atoms with Crippen molar-refractivity contribution in [2.75, 3.05) is 40.4 Å². The molecule has 0 aliphatic carbocycles. The van der Waals surface area contributed by atoms with Crippen LogP contribution in [-0.2, 0) is 28.5 Å². The number of rotatable bonds is 4. The SMILES string of the molecule is COC(=O)C1(NC(=O)NC2(C(=O)OC)CCN(C(=O)OC(C)(C)C)CC2)CCN(C(=O)OC(C)(C)C)CC1. The summed E-state index contributed by atoms with van der Waals surface area (Å²) in [5.74, 6) is -1.33. The quantitative estimate of drug-likeness (QED) is 0.402. The Balaban J connectivity index is 2.11. The van der Waals surface area contributed by atoms with Gasteiger partial charge in [-0.15, -0.1) is 0 Å². The van der Waals surface area contributed by atoms with Gasteiger partial charge in [-0.05, 0) is 67.2 Å². The summed E-state index contributed by atoms with van der Waals surface area (Å²) in [5.41, 5.74) is -4.17. The van der Waals surface area contributed by atoms with Crippen molar-refractivity contribution < 1.29 is 42.9 Å². The third-order valence-electron chi connectivity index (χ3n) is 6.40. The van der Waals surface area contributed by atoms with Gasteiger partial charge in [0.25, 0.3) is 0 Å². The Hall–Kier alpha value is -3.25. The summed E-state index contributed by atoms with van der Waals surface area (Å²) >= 11 is 0. The average molecular weight is 543 g/mol. The molecule has 0 bridgehead atoms. The largest absolute Gasteiger partial charge is 0.467 e. The maximum absolute atomic E-state index is 13.2. The van der Waals surface area contributed by atoms with Crippen molar-refractivity contribution >= 4 is 30.2 Å². The van der Waals surface area contributed by atoms with Crippen molar-refractivity contribution in [3.63, 3.8) is 0 Å². The van der Waals surface area contributed by atoms with Crippen LogP contribution in [0.2, 0.25) is 0 Å². The van der Waals surface area contributed by atoms with E-state index in [1.54, 1.807) is 41.5 Å². The Morgan fingerprint density at radius 1 is 0.605 bits per heavy atom. The number of carbonyl (C=O) groups is 5. The Labute approximate surface area is 223 Å². The highest BCUT2D eigenvalue weighted by atomic mass is 16.6. The minimum Gasteiger partial charge on any atom is -0.467 e. The van der Waals surface area contributed by atoms with Crippen LogP contribution >= 0.6 is 0 Å². The van der Waals surface area contributed by atoms with Crippen molar-refractivity contribution in [3.8, 4) is 0 Å². The molecule has 0 aromatic heterocycles. The molecule has 0 spiro atoms. The second-order valence-electron chi connectivity index (χ2n) is 11.7. The normalized spacial score (nSPS) is 19.1. The van der Waals surface area contributed by atoms with Gasteiger partial charge in [-0.2, -0.15) is 0 Å². The lowest BCUT2D eigenvalue weighted by molar-refractivity contribution is -0.150. The number of carbonyl (C=O) groups excluding carboxylic acids is 5. The second kappa shape index (κ2) is 11.6. The Morgan fingerprint density at radius 3 is 1.13 bits per heavy atom. The minimum atomic E-state index is -1.41. The van der Waals surface area contributed by atoms with Crippen LogP contribution in [0.25, 0.3) is 0 Å². The first kappa shape index (κ1) is 31.0. The smallest absolute Gasteiger partial charge is 0.410 e. The van der Waals surface area contributed by atoms with Crippen LogP contribution in [-0.4, -0.2) is 103 Å². The van der Waals surface area contributed by atoms with Crippen LogP contribution in [0.15, 0.2) is 0 Å². The van der Waals surface area contributed by atoms with Gasteiger partial charge in [0.05, 0.1) is 14.2 Å². The second-order valence-corrected chi connectivity index (χ2v) is 11.7. The molecule has 0 aromatic carbocycles. The molecule has 2 heterocycles. The number of nitrogens with zero attached hydrogens (tertiary/aromatic N) is 2. The Kier molecular flexibility index (Phi) is 9.49. The van der Waals surface area contributed by atoms with Crippen LogP contribution in [0.5, 0.6) is 0 Å². The molecule has 0 unspecified atom stereocenters. The molecule has 2 N–H and O–H groups in total. The zero-order chi connectivity index (χ0) is 28.9. The lowest BCUT2D eigenvalue weighted by Gasteiger charge is -2.42. The summed E-state index contributed by atoms with van der Waals surface area (Å²) in [7, 11) is 2.43. The molecule has 2 aliphatic rings. The molecule has 13 heteroatoms. The minimum absolute atomic E-state index is 0.0873. The van der Waals surface area contributed by atoms with E-state index in [1.807, 2.05) is 0 Å². The fraction of sp³-hybridized carbons (Fsp3) is 0.800. The summed E-state index contributed by atoms with van der Waals surface area (Å²) in [6.07, 6.45) is -0.675. The van der Waals surface area contributed by atoms with E-state index >= 15 is 0 Å². The molecule has 0 atom stereocenters. The van der Waals surface area contributed by atoms with E-state index in [2.05, 4.69) is 10.6 Å². The van der Waals surface area contributed by atoms with Crippen molar-refractivity contribution in [2.24, 2.45) is 0 Å². The van der Waals surface area contributed by atoms with Gasteiger partial charge in [0.15, 0.2) is 0 Å². The number of ether oxygens (including phenoxy) is 4. The number of hydrogen-bond donors (Lipinski definition) is 2. The average Bonchev–Trinajstić information content (AvgIpc) is 2.81. The van der Waals surface area contributed by atoms with Gasteiger partial charge in [-0.3, -0.25) is 0 Å². The van der Waals surface area contributed by atoms with E-state index in [-0.39, 0.29) is 51.9 Å². The van der Waals surface area contributed by atoms with Crippen molar-refractivity contribution in [3.05, 3.63) is 0 Å². The van der Waals surface area contributed by atoms with Crippen LogP contribution in [0.1, 0.15) is 67.2 Å². The van der Waals surface area contributed by atoms with E-state index in [1.165, 1.54) is 24.0 Å². The molecule has 2 fully saturated rings. The Bertz CT molecular complexity index is 835. The zero-order valence-corrected chi connectivity index (χ0v) is 23.7. The van der Waals surface area contributed by atoms with Gasteiger partial charge < -0.3 is 39.4 Å². The molecule has 4 amide bonds. The van der Waals surface area contributed by atoms with E-state index in [4.69, 9.17) is 18.9 Å². The van der Waals surface area contributed by atoms with E-state index in [0.29, 0.717) is 0 Å². The molecule has 38 heavy (non-hydrogen) atoms. The zero-order valence-electron chi connectivity index (χ0n) is 23.7. The first-order chi connectivity index (χ1) is 17.5. The summed E-state index contributed by atoms with van der Waals surface area (Å²) in [6.45, 7) is 11.2.